The highest BCUT2D eigenvalue weighted by Crippen LogP contribution is 2.18. The molecule has 15 heavy (non-hydrogen) atoms. The van der Waals surface area contributed by atoms with Crippen LogP contribution in [0.2, 0.25) is 0 Å². The van der Waals surface area contributed by atoms with Crippen molar-refractivity contribution in [3.05, 3.63) is 34.9 Å². The fourth-order valence-corrected chi connectivity index (χ4v) is 1.66. The van der Waals surface area contributed by atoms with E-state index in [1.807, 2.05) is 6.92 Å². The van der Waals surface area contributed by atoms with E-state index < -0.39 is 11.6 Å². The monoisotopic (exact) mass is 212 g/mol. The van der Waals surface area contributed by atoms with Crippen LogP contribution in [-0.4, -0.2) is 0 Å². The first-order valence-corrected chi connectivity index (χ1v) is 5.66. The van der Waals surface area contributed by atoms with Gasteiger partial charge in [0.2, 0.25) is 0 Å². The highest BCUT2D eigenvalue weighted by Gasteiger charge is 2.11. The smallest absolute Gasteiger partial charge is 0.162 e. The van der Waals surface area contributed by atoms with E-state index in [1.54, 1.807) is 12.1 Å². The summed E-state index contributed by atoms with van der Waals surface area (Å²) < 4.78 is 26.9. The summed E-state index contributed by atoms with van der Waals surface area (Å²) in [7, 11) is 0. The molecule has 1 aromatic rings. The Morgan fingerprint density at radius 1 is 0.933 bits per heavy atom. The number of rotatable bonds is 5. The third kappa shape index (κ3) is 3.01. The van der Waals surface area contributed by atoms with Crippen LogP contribution in [0.15, 0.2) is 12.1 Å². The molecule has 0 radical (unpaired) electrons. The van der Waals surface area contributed by atoms with Crippen LogP contribution in [0, 0.1) is 11.6 Å². The topological polar surface area (TPSA) is 0 Å². The summed E-state index contributed by atoms with van der Waals surface area (Å²) in [5.41, 5.74) is 0.977. The predicted molar refractivity (Wildman–Crippen MR) is 59.0 cm³/mol. The van der Waals surface area contributed by atoms with E-state index in [0.717, 1.165) is 19.3 Å². The van der Waals surface area contributed by atoms with Crippen molar-refractivity contribution in [2.75, 3.05) is 0 Å². The summed E-state index contributed by atoms with van der Waals surface area (Å²) in [6.07, 6.45) is 4.27. The van der Waals surface area contributed by atoms with Crippen molar-refractivity contribution in [2.24, 2.45) is 0 Å². The Morgan fingerprint density at radius 2 is 1.53 bits per heavy atom. The van der Waals surface area contributed by atoms with Gasteiger partial charge in [-0.25, -0.2) is 8.78 Å². The van der Waals surface area contributed by atoms with Crippen LogP contribution in [0.1, 0.15) is 44.2 Å². The van der Waals surface area contributed by atoms with Crippen molar-refractivity contribution in [3.8, 4) is 0 Å². The first kappa shape index (κ1) is 12.2. The SMILES string of the molecule is CCCCCc1ccc(CC)c(F)c1F. The van der Waals surface area contributed by atoms with Crippen molar-refractivity contribution >= 4 is 0 Å². The van der Waals surface area contributed by atoms with Gasteiger partial charge < -0.3 is 0 Å². The number of hydrogen-bond acceptors (Lipinski definition) is 0. The molecular weight excluding hydrogens is 194 g/mol. The Hall–Kier alpha value is -0.920. The van der Waals surface area contributed by atoms with Gasteiger partial charge >= 0.3 is 0 Å². The van der Waals surface area contributed by atoms with Gasteiger partial charge in [0.1, 0.15) is 0 Å². The van der Waals surface area contributed by atoms with Gasteiger partial charge in [-0.15, -0.1) is 0 Å². The Balaban J connectivity index is 2.77. The summed E-state index contributed by atoms with van der Waals surface area (Å²) in [5.74, 6) is -1.31. The second-order valence-electron chi connectivity index (χ2n) is 3.82. The first-order valence-electron chi connectivity index (χ1n) is 5.66. The molecule has 0 fully saturated rings. The van der Waals surface area contributed by atoms with E-state index in [0.29, 0.717) is 24.0 Å². The largest absolute Gasteiger partial charge is 0.203 e. The minimum atomic E-state index is -0.661. The summed E-state index contributed by atoms with van der Waals surface area (Å²) in [4.78, 5) is 0. The summed E-state index contributed by atoms with van der Waals surface area (Å²) in [5, 5.41) is 0. The molecule has 0 spiro atoms. The molecule has 0 aliphatic heterocycles. The maximum Gasteiger partial charge on any atom is 0.162 e. The van der Waals surface area contributed by atoms with Crippen LogP contribution >= 0.6 is 0 Å². The van der Waals surface area contributed by atoms with E-state index >= 15 is 0 Å². The number of aryl methyl sites for hydroxylation is 2. The van der Waals surface area contributed by atoms with Gasteiger partial charge in [-0.2, -0.15) is 0 Å². The van der Waals surface area contributed by atoms with E-state index in [-0.39, 0.29) is 0 Å². The number of halogens is 2. The fourth-order valence-electron chi connectivity index (χ4n) is 1.66. The standard InChI is InChI=1S/C13H18F2/c1-3-5-6-7-11-9-8-10(4-2)12(14)13(11)15/h8-9H,3-7H2,1-2H3. The average molecular weight is 212 g/mol. The minimum Gasteiger partial charge on any atom is -0.203 e. The van der Waals surface area contributed by atoms with Gasteiger partial charge in [0.15, 0.2) is 11.6 Å². The van der Waals surface area contributed by atoms with Crippen LogP contribution in [0.3, 0.4) is 0 Å². The number of unbranched alkanes of at least 4 members (excludes halogenated alkanes) is 2. The molecule has 1 aromatic carbocycles. The molecule has 0 heterocycles. The Kier molecular flexibility index (Phi) is 4.73. The Labute approximate surface area is 90.3 Å². The molecule has 0 unspecified atom stereocenters. The van der Waals surface area contributed by atoms with Crippen molar-refractivity contribution < 1.29 is 8.78 Å². The highest BCUT2D eigenvalue weighted by atomic mass is 19.2. The van der Waals surface area contributed by atoms with Crippen LogP contribution in [-0.2, 0) is 12.8 Å². The van der Waals surface area contributed by atoms with Gasteiger partial charge in [-0.1, -0.05) is 38.8 Å². The summed E-state index contributed by atoms with van der Waals surface area (Å²) in [6, 6.07) is 3.41. The molecule has 0 nitrogen and oxygen atoms in total. The second kappa shape index (κ2) is 5.84. The van der Waals surface area contributed by atoms with Crippen molar-refractivity contribution in [3.63, 3.8) is 0 Å². The molecule has 0 bridgehead atoms. The zero-order valence-corrected chi connectivity index (χ0v) is 9.45. The second-order valence-corrected chi connectivity index (χ2v) is 3.82. The molecular formula is C13H18F2. The van der Waals surface area contributed by atoms with Gasteiger partial charge in [0.05, 0.1) is 0 Å². The summed E-state index contributed by atoms with van der Waals surface area (Å²) in [6.45, 7) is 3.92. The van der Waals surface area contributed by atoms with Crippen molar-refractivity contribution in [1.29, 1.82) is 0 Å². The molecule has 1 rings (SSSR count). The lowest BCUT2D eigenvalue weighted by Crippen LogP contribution is -1.99. The first-order chi connectivity index (χ1) is 7.20. The molecule has 0 N–H and O–H groups in total. The third-order valence-corrected chi connectivity index (χ3v) is 2.67. The van der Waals surface area contributed by atoms with E-state index in [9.17, 15) is 8.78 Å². The fraction of sp³-hybridized carbons (Fsp3) is 0.538. The maximum absolute atomic E-state index is 13.5. The van der Waals surface area contributed by atoms with Gasteiger partial charge in [0, 0.05) is 0 Å². The van der Waals surface area contributed by atoms with Crippen LogP contribution in [0.5, 0.6) is 0 Å². The molecule has 0 saturated carbocycles. The summed E-state index contributed by atoms with van der Waals surface area (Å²) >= 11 is 0. The molecule has 0 aliphatic carbocycles. The van der Waals surface area contributed by atoms with Crippen LogP contribution in [0.4, 0.5) is 8.78 Å². The molecule has 0 saturated heterocycles. The van der Waals surface area contributed by atoms with E-state index in [2.05, 4.69) is 6.92 Å². The number of benzene rings is 1. The third-order valence-electron chi connectivity index (χ3n) is 2.67. The molecule has 0 aromatic heterocycles. The quantitative estimate of drug-likeness (QED) is 0.640. The molecule has 0 amide bonds. The minimum absolute atomic E-state index is 0.465. The van der Waals surface area contributed by atoms with Crippen molar-refractivity contribution in [1.82, 2.24) is 0 Å². The zero-order valence-electron chi connectivity index (χ0n) is 9.45. The molecule has 0 atom stereocenters. The number of hydrogen-bond donors (Lipinski definition) is 0. The maximum atomic E-state index is 13.5. The van der Waals surface area contributed by atoms with Gasteiger partial charge in [-0.05, 0) is 30.4 Å². The average Bonchev–Trinajstić information content (AvgIpc) is 2.25. The predicted octanol–water partition coefficient (Wildman–Crippen LogP) is 4.26. The van der Waals surface area contributed by atoms with E-state index in [1.165, 1.54) is 0 Å². The molecule has 0 aliphatic rings. The van der Waals surface area contributed by atoms with E-state index in [4.69, 9.17) is 0 Å². The Morgan fingerprint density at radius 3 is 2.13 bits per heavy atom. The van der Waals surface area contributed by atoms with Crippen LogP contribution < -0.4 is 0 Å². The lowest BCUT2D eigenvalue weighted by Gasteiger charge is -2.06. The Bertz CT molecular complexity index is 319. The van der Waals surface area contributed by atoms with Crippen molar-refractivity contribution in [2.45, 2.75) is 46.0 Å². The van der Waals surface area contributed by atoms with Gasteiger partial charge in [-0.3, -0.25) is 0 Å². The lowest BCUT2D eigenvalue weighted by molar-refractivity contribution is 0.488. The lowest BCUT2D eigenvalue weighted by atomic mass is 10.0. The zero-order chi connectivity index (χ0) is 11.3. The highest BCUT2D eigenvalue weighted by molar-refractivity contribution is 5.26. The van der Waals surface area contributed by atoms with Crippen LogP contribution in [0.25, 0.3) is 0 Å². The molecule has 2 heteroatoms. The normalized spacial score (nSPS) is 10.7. The van der Waals surface area contributed by atoms with Gasteiger partial charge in [0.25, 0.3) is 0 Å². The molecule has 84 valence electrons.